The molecule has 0 fully saturated rings. The number of rotatable bonds is 4. The number of hydrogen-bond acceptors (Lipinski definition) is 3. The van der Waals surface area contributed by atoms with Crippen LogP contribution in [-0.4, -0.2) is 11.2 Å². The molecule has 0 unspecified atom stereocenters. The normalized spacial score (nSPS) is 10.8. The van der Waals surface area contributed by atoms with E-state index in [2.05, 4.69) is 40.8 Å². The second kappa shape index (κ2) is 6.37. The Morgan fingerprint density at radius 3 is 2.90 bits per heavy atom. The predicted octanol–water partition coefficient (Wildman–Crippen LogP) is 5.22. The lowest BCUT2D eigenvalue weighted by Gasteiger charge is -2.10. The molecule has 0 saturated carbocycles. The van der Waals surface area contributed by atoms with Gasteiger partial charge in [0.1, 0.15) is 0 Å². The van der Waals surface area contributed by atoms with Gasteiger partial charge in [0.2, 0.25) is 0 Å². The molecule has 0 aliphatic carbocycles. The molecule has 21 heavy (non-hydrogen) atoms. The topological polar surface area (TPSA) is 24.9 Å². The van der Waals surface area contributed by atoms with Crippen molar-refractivity contribution in [2.45, 2.75) is 11.4 Å². The lowest BCUT2D eigenvalue weighted by atomic mass is 10.1. The summed E-state index contributed by atoms with van der Waals surface area (Å²) in [6.45, 7) is 0.725. The van der Waals surface area contributed by atoms with E-state index in [1.807, 2.05) is 24.3 Å². The fourth-order valence-corrected chi connectivity index (χ4v) is 2.94. The van der Waals surface area contributed by atoms with Crippen LogP contribution < -0.4 is 5.32 Å². The molecule has 0 aliphatic heterocycles. The van der Waals surface area contributed by atoms with Gasteiger partial charge in [0.15, 0.2) is 0 Å². The molecular weight excluding hydrogens is 300 g/mol. The van der Waals surface area contributed by atoms with Crippen molar-refractivity contribution in [1.82, 2.24) is 4.98 Å². The van der Waals surface area contributed by atoms with E-state index in [1.54, 1.807) is 18.0 Å². The van der Waals surface area contributed by atoms with Crippen molar-refractivity contribution >= 4 is 40.0 Å². The summed E-state index contributed by atoms with van der Waals surface area (Å²) in [5, 5.41) is 5.19. The Labute approximate surface area is 133 Å². The summed E-state index contributed by atoms with van der Waals surface area (Å²) in [5.41, 5.74) is 3.21. The van der Waals surface area contributed by atoms with Crippen LogP contribution in [0.15, 0.2) is 59.6 Å². The molecule has 3 rings (SSSR count). The number of fused-ring (bicyclic) bond motifs is 1. The van der Waals surface area contributed by atoms with E-state index in [-0.39, 0.29) is 0 Å². The number of nitrogens with zero attached hydrogens (tertiary/aromatic N) is 1. The molecular formula is C17H15ClN2S. The zero-order valence-corrected chi connectivity index (χ0v) is 13.2. The van der Waals surface area contributed by atoms with Gasteiger partial charge in [-0.3, -0.25) is 4.98 Å². The number of hydrogen-bond donors (Lipinski definition) is 1. The molecule has 4 heteroatoms. The molecule has 1 aromatic heterocycles. The Morgan fingerprint density at radius 1 is 1.14 bits per heavy atom. The first-order valence-electron chi connectivity index (χ1n) is 6.68. The van der Waals surface area contributed by atoms with Crippen LogP contribution in [0.25, 0.3) is 10.9 Å². The van der Waals surface area contributed by atoms with Gasteiger partial charge in [-0.05, 0) is 48.2 Å². The molecule has 3 aromatic rings. The van der Waals surface area contributed by atoms with Crippen LogP contribution in [0, 0.1) is 0 Å². The van der Waals surface area contributed by atoms with E-state index in [9.17, 15) is 0 Å². The average Bonchev–Trinajstić information content (AvgIpc) is 2.55. The third-order valence-corrected chi connectivity index (χ3v) is 4.41. The first-order valence-corrected chi connectivity index (χ1v) is 8.28. The van der Waals surface area contributed by atoms with Crippen LogP contribution >= 0.6 is 23.4 Å². The smallest absolute Gasteiger partial charge is 0.0766 e. The summed E-state index contributed by atoms with van der Waals surface area (Å²) in [6, 6.07) is 16.3. The fraction of sp³-hybridized carbons (Fsp3) is 0.118. The molecule has 0 spiro atoms. The number of halogens is 1. The maximum Gasteiger partial charge on any atom is 0.0766 e. The second-order valence-electron chi connectivity index (χ2n) is 4.69. The average molecular weight is 315 g/mol. The van der Waals surface area contributed by atoms with Crippen LogP contribution in [-0.2, 0) is 6.54 Å². The molecule has 0 amide bonds. The van der Waals surface area contributed by atoms with Crippen LogP contribution in [0.5, 0.6) is 0 Å². The van der Waals surface area contributed by atoms with E-state index in [1.165, 1.54) is 4.90 Å². The lowest BCUT2D eigenvalue weighted by Crippen LogP contribution is -2.01. The maximum absolute atomic E-state index is 6.22. The maximum atomic E-state index is 6.22. The molecule has 1 heterocycles. The number of benzene rings is 2. The van der Waals surface area contributed by atoms with Gasteiger partial charge in [0.05, 0.1) is 5.52 Å². The highest BCUT2D eigenvalue weighted by Gasteiger charge is 2.05. The summed E-state index contributed by atoms with van der Waals surface area (Å²) < 4.78 is 0. The molecule has 0 saturated heterocycles. The van der Waals surface area contributed by atoms with Crippen LogP contribution in [0.1, 0.15) is 5.56 Å². The van der Waals surface area contributed by atoms with E-state index in [4.69, 9.17) is 11.6 Å². The molecule has 2 aromatic carbocycles. The zero-order chi connectivity index (χ0) is 14.7. The van der Waals surface area contributed by atoms with Crippen LogP contribution in [0.4, 0.5) is 5.69 Å². The Balaban J connectivity index is 1.87. The molecule has 0 aliphatic rings. The molecule has 2 nitrogen and oxygen atoms in total. The lowest BCUT2D eigenvalue weighted by molar-refractivity contribution is 1.15. The van der Waals surface area contributed by atoms with Crippen molar-refractivity contribution in [1.29, 1.82) is 0 Å². The van der Waals surface area contributed by atoms with Gasteiger partial charge in [-0.1, -0.05) is 23.7 Å². The van der Waals surface area contributed by atoms with Gasteiger partial charge < -0.3 is 5.32 Å². The zero-order valence-electron chi connectivity index (χ0n) is 11.6. The van der Waals surface area contributed by atoms with Crippen molar-refractivity contribution in [3.8, 4) is 0 Å². The van der Waals surface area contributed by atoms with Crippen molar-refractivity contribution < 1.29 is 0 Å². The van der Waals surface area contributed by atoms with E-state index < -0.39 is 0 Å². The van der Waals surface area contributed by atoms with Crippen molar-refractivity contribution in [2.75, 3.05) is 11.6 Å². The van der Waals surface area contributed by atoms with Gasteiger partial charge in [-0.25, -0.2) is 0 Å². The monoisotopic (exact) mass is 314 g/mol. The first-order chi connectivity index (χ1) is 10.3. The standard InChI is InChI=1S/C17H15ClN2S/c1-21-14-5-2-4-13(10-14)20-11-12-7-8-16(18)15-6-3-9-19-17(12)15/h2-10,20H,11H2,1H3. The summed E-state index contributed by atoms with van der Waals surface area (Å²) in [6.07, 6.45) is 3.88. The predicted molar refractivity (Wildman–Crippen MR) is 92.3 cm³/mol. The molecule has 0 atom stereocenters. The van der Waals surface area contributed by atoms with Crippen molar-refractivity contribution in [3.05, 3.63) is 65.3 Å². The number of thioether (sulfide) groups is 1. The summed E-state index contributed by atoms with van der Waals surface area (Å²) in [4.78, 5) is 5.71. The summed E-state index contributed by atoms with van der Waals surface area (Å²) in [7, 11) is 0. The van der Waals surface area contributed by atoms with Crippen LogP contribution in [0.2, 0.25) is 5.02 Å². The number of nitrogens with one attached hydrogen (secondary N) is 1. The minimum absolute atomic E-state index is 0.725. The molecule has 1 N–H and O–H groups in total. The van der Waals surface area contributed by atoms with Gasteiger partial charge in [-0.2, -0.15) is 0 Å². The number of pyridine rings is 1. The van der Waals surface area contributed by atoms with E-state index >= 15 is 0 Å². The van der Waals surface area contributed by atoms with Crippen LogP contribution in [0.3, 0.4) is 0 Å². The minimum Gasteiger partial charge on any atom is -0.381 e. The van der Waals surface area contributed by atoms with E-state index in [0.29, 0.717) is 0 Å². The quantitative estimate of drug-likeness (QED) is 0.668. The number of anilines is 1. The highest BCUT2D eigenvalue weighted by molar-refractivity contribution is 7.98. The van der Waals surface area contributed by atoms with Gasteiger partial charge >= 0.3 is 0 Å². The first kappa shape index (κ1) is 14.2. The highest BCUT2D eigenvalue weighted by Crippen LogP contribution is 2.26. The van der Waals surface area contributed by atoms with Gasteiger partial charge in [0.25, 0.3) is 0 Å². The van der Waals surface area contributed by atoms with E-state index in [0.717, 1.165) is 33.7 Å². The third kappa shape index (κ3) is 3.14. The van der Waals surface area contributed by atoms with Crippen molar-refractivity contribution in [2.24, 2.45) is 0 Å². The minimum atomic E-state index is 0.725. The fourth-order valence-electron chi connectivity index (χ4n) is 2.27. The summed E-state index contributed by atoms with van der Waals surface area (Å²) >= 11 is 7.96. The largest absolute Gasteiger partial charge is 0.381 e. The van der Waals surface area contributed by atoms with Crippen molar-refractivity contribution in [3.63, 3.8) is 0 Å². The second-order valence-corrected chi connectivity index (χ2v) is 5.98. The SMILES string of the molecule is CSc1cccc(NCc2ccc(Cl)c3cccnc23)c1. The van der Waals surface area contributed by atoms with Gasteiger partial charge in [0, 0.05) is 33.7 Å². The molecule has 106 valence electrons. The third-order valence-electron chi connectivity index (χ3n) is 3.35. The highest BCUT2D eigenvalue weighted by atomic mass is 35.5. The molecule has 0 radical (unpaired) electrons. The Hall–Kier alpha value is -1.71. The number of aromatic nitrogens is 1. The Morgan fingerprint density at radius 2 is 2.05 bits per heavy atom. The Bertz CT molecular complexity index is 774. The Kier molecular flexibility index (Phi) is 4.32. The molecule has 0 bridgehead atoms. The summed E-state index contributed by atoms with van der Waals surface area (Å²) in [5.74, 6) is 0. The van der Waals surface area contributed by atoms with Gasteiger partial charge in [-0.15, -0.1) is 11.8 Å².